The lowest BCUT2D eigenvalue weighted by Gasteiger charge is -2.18. The van der Waals surface area contributed by atoms with E-state index in [0.29, 0.717) is 10.8 Å². The molecule has 0 aliphatic rings. The van der Waals surface area contributed by atoms with Crippen molar-refractivity contribution in [2.24, 2.45) is 0 Å². The highest BCUT2D eigenvalue weighted by Gasteiger charge is 2.08. The van der Waals surface area contributed by atoms with Gasteiger partial charge < -0.3 is 10.6 Å². The Kier molecular flexibility index (Phi) is 6.78. The van der Waals surface area contributed by atoms with Gasteiger partial charge in [-0.25, -0.2) is 8.42 Å². The number of nitrogens with one attached hydrogen (secondary N) is 3. The van der Waals surface area contributed by atoms with Crippen LogP contribution in [0, 0.1) is 0 Å². The molecule has 0 saturated heterocycles. The van der Waals surface area contributed by atoms with Crippen LogP contribution in [-0.2, 0) is 16.4 Å². The van der Waals surface area contributed by atoms with E-state index in [4.69, 9.17) is 12.2 Å². The minimum atomic E-state index is -3.26. The maximum absolute atomic E-state index is 11.2. The van der Waals surface area contributed by atoms with Gasteiger partial charge in [-0.3, -0.25) is 4.72 Å². The molecular formula is C18H23N3O2S2. The maximum atomic E-state index is 11.2. The van der Waals surface area contributed by atoms with Gasteiger partial charge in [0.1, 0.15) is 0 Å². The fourth-order valence-electron chi connectivity index (χ4n) is 2.35. The summed E-state index contributed by atoms with van der Waals surface area (Å²) >= 11 is 5.33. The van der Waals surface area contributed by atoms with Crippen LogP contribution in [0.25, 0.3) is 0 Å². The van der Waals surface area contributed by atoms with Gasteiger partial charge in [-0.2, -0.15) is 0 Å². The highest BCUT2D eigenvalue weighted by molar-refractivity contribution is 7.92. The molecule has 0 heterocycles. The van der Waals surface area contributed by atoms with Crippen molar-refractivity contribution in [3.05, 3.63) is 65.7 Å². The van der Waals surface area contributed by atoms with Crippen LogP contribution in [0.4, 0.5) is 5.69 Å². The molecule has 0 saturated carbocycles. The molecule has 2 rings (SSSR count). The highest BCUT2D eigenvalue weighted by atomic mass is 32.2. The molecule has 7 heteroatoms. The Morgan fingerprint density at radius 2 is 1.72 bits per heavy atom. The topological polar surface area (TPSA) is 70.2 Å². The van der Waals surface area contributed by atoms with Crippen molar-refractivity contribution in [2.45, 2.75) is 19.4 Å². The zero-order valence-electron chi connectivity index (χ0n) is 14.3. The lowest BCUT2D eigenvalue weighted by molar-refractivity contribution is 0.607. The number of hydrogen-bond acceptors (Lipinski definition) is 3. The van der Waals surface area contributed by atoms with Crippen LogP contribution in [0.3, 0.4) is 0 Å². The standard InChI is InChI=1S/C18H23N3O2S2/c1-14(16-8-10-17(11-9-16)21-25(2,22)23)20-18(24)19-13-12-15-6-4-3-5-7-15/h3-11,14,21H,12-13H2,1-2H3,(H2,19,20,24). The SMILES string of the molecule is CC(NC(=S)NCCc1ccccc1)c1ccc(NS(C)(=O)=O)cc1. The van der Waals surface area contributed by atoms with E-state index >= 15 is 0 Å². The summed E-state index contributed by atoms with van der Waals surface area (Å²) in [7, 11) is -3.26. The van der Waals surface area contributed by atoms with E-state index in [1.165, 1.54) is 5.56 Å². The summed E-state index contributed by atoms with van der Waals surface area (Å²) in [5.74, 6) is 0. The van der Waals surface area contributed by atoms with Gasteiger partial charge in [0.05, 0.1) is 12.3 Å². The zero-order valence-corrected chi connectivity index (χ0v) is 16.0. The first-order valence-corrected chi connectivity index (χ1v) is 10.3. The van der Waals surface area contributed by atoms with Gasteiger partial charge in [0.2, 0.25) is 10.0 Å². The average molecular weight is 378 g/mol. The van der Waals surface area contributed by atoms with E-state index in [0.717, 1.165) is 24.8 Å². The molecule has 0 amide bonds. The van der Waals surface area contributed by atoms with Crippen LogP contribution in [0.1, 0.15) is 24.1 Å². The predicted octanol–water partition coefficient (Wildman–Crippen LogP) is 2.83. The number of anilines is 1. The van der Waals surface area contributed by atoms with Crippen LogP contribution in [0.2, 0.25) is 0 Å². The third-order valence-electron chi connectivity index (χ3n) is 3.60. The smallest absolute Gasteiger partial charge is 0.229 e. The summed E-state index contributed by atoms with van der Waals surface area (Å²) in [5.41, 5.74) is 2.83. The first kappa shape index (κ1) is 19.2. The van der Waals surface area contributed by atoms with Crippen LogP contribution in [-0.4, -0.2) is 26.3 Å². The van der Waals surface area contributed by atoms with Crippen molar-refractivity contribution in [2.75, 3.05) is 17.5 Å². The van der Waals surface area contributed by atoms with Crippen molar-refractivity contribution in [1.82, 2.24) is 10.6 Å². The van der Waals surface area contributed by atoms with Crippen molar-refractivity contribution < 1.29 is 8.42 Å². The minimum Gasteiger partial charge on any atom is -0.362 e. The van der Waals surface area contributed by atoms with Crippen LogP contribution < -0.4 is 15.4 Å². The molecule has 0 aliphatic carbocycles. The summed E-state index contributed by atoms with van der Waals surface area (Å²) in [6.45, 7) is 2.77. The molecule has 0 aromatic heterocycles. The number of hydrogen-bond donors (Lipinski definition) is 3. The van der Waals surface area contributed by atoms with Crippen molar-refractivity contribution in [3.63, 3.8) is 0 Å². The lowest BCUT2D eigenvalue weighted by Crippen LogP contribution is -2.37. The average Bonchev–Trinajstić information content (AvgIpc) is 2.55. The molecule has 2 aromatic carbocycles. The molecule has 1 atom stereocenters. The number of thiocarbonyl (C=S) groups is 1. The van der Waals surface area contributed by atoms with E-state index in [9.17, 15) is 8.42 Å². The molecule has 0 spiro atoms. The van der Waals surface area contributed by atoms with E-state index < -0.39 is 10.0 Å². The van der Waals surface area contributed by atoms with E-state index in [-0.39, 0.29) is 6.04 Å². The van der Waals surface area contributed by atoms with Gasteiger partial charge in [0, 0.05) is 12.2 Å². The number of benzene rings is 2. The molecule has 1 unspecified atom stereocenters. The normalized spacial score (nSPS) is 12.2. The zero-order chi connectivity index (χ0) is 18.3. The van der Waals surface area contributed by atoms with Gasteiger partial charge in [-0.1, -0.05) is 42.5 Å². The number of sulfonamides is 1. The van der Waals surface area contributed by atoms with E-state index in [2.05, 4.69) is 27.5 Å². The molecule has 25 heavy (non-hydrogen) atoms. The Hall–Kier alpha value is -2.12. The van der Waals surface area contributed by atoms with Gasteiger partial charge in [0.15, 0.2) is 5.11 Å². The van der Waals surface area contributed by atoms with Gasteiger partial charge in [-0.15, -0.1) is 0 Å². The highest BCUT2D eigenvalue weighted by Crippen LogP contribution is 2.16. The molecule has 0 fully saturated rings. The minimum absolute atomic E-state index is 0.0176. The molecule has 0 aliphatic heterocycles. The van der Waals surface area contributed by atoms with E-state index in [1.807, 2.05) is 37.3 Å². The maximum Gasteiger partial charge on any atom is 0.229 e. The summed E-state index contributed by atoms with van der Waals surface area (Å²) in [6, 6.07) is 17.5. The summed E-state index contributed by atoms with van der Waals surface area (Å²) in [6.07, 6.45) is 2.04. The van der Waals surface area contributed by atoms with Crippen LogP contribution >= 0.6 is 12.2 Å². The molecule has 134 valence electrons. The van der Waals surface area contributed by atoms with Crippen LogP contribution in [0.5, 0.6) is 0 Å². The fraction of sp³-hybridized carbons (Fsp3) is 0.278. The quantitative estimate of drug-likeness (QED) is 0.647. The summed E-state index contributed by atoms with van der Waals surface area (Å²) < 4.78 is 24.9. The largest absolute Gasteiger partial charge is 0.362 e. The second-order valence-electron chi connectivity index (χ2n) is 5.85. The third-order valence-corrected chi connectivity index (χ3v) is 4.47. The van der Waals surface area contributed by atoms with Gasteiger partial charge in [-0.05, 0) is 48.8 Å². The third kappa shape index (κ3) is 7.11. The summed E-state index contributed by atoms with van der Waals surface area (Å²) in [4.78, 5) is 0. The first-order chi connectivity index (χ1) is 11.8. The van der Waals surface area contributed by atoms with Crippen molar-refractivity contribution in [1.29, 1.82) is 0 Å². The Balaban J connectivity index is 1.80. The van der Waals surface area contributed by atoms with Crippen molar-refractivity contribution in [3.8, 4) is 0 Å². The predicted molar refractivity (Wildman–Crippen MR) is 107 cm³/mol. The summed E-state index contributed by atoms with van der Waals surface area (Å²) in [5, 5.41) is 7.03. The molecule has 5 nitrogen and oxygen atoms in total. The molecule has 0 bridgehead atoms. The van der Waals surface area contributed by atoms with Crippen LogP contribution in [0.15, 0.2) is 54.6 Å². The van der Waals surface area contributed by atoms with Crippen molar-refractivity contribution >= 4 is 33.0 Å². The second-order valence-corrected chi connectivity index (χ2v) is 8.01. The second kappa shape index (κ2) is 8.82. The Labute approximate surface area is 154 Å². The lowest BCUT2D eigenvalue weighted by atomic mass is 10.1. The first-order valence-electron chi connectivity index (χ1n) is 7.99. The monoisotopic (exact) mass is 377 g/mol. The Morgan fingerprint density at radius 1 is 1.08 bits per heavy atom. The van der Waals surface area contributed by atoms with Gasteiger partial charge in [0.25, 0.3) is 0 Å². The molecule has 0 radical (unpaired) electrons. The molecule has 3 N–H and O–H groups in total. The van der Waals surface area contributed by atoms with E-state index in [1.54, 1.807) is 12.1 Å². The fourth-order valence-corrected chi connectivity index (χ4v) is 3.19. The molecule has 2 aromatic rings. The number of rotatable bonds is 7. The Bertz CT molecular complexity index is 791. The molecular weight excluding hydrogens is 354 g/mol. The van der Waals surface area contributed by atoms with Gasteiger partial charge >= 0.3 is 0 Å². The Morgan fingerprint density at radius 3 is 2.32 bits per heavy atom.